The zero-order chi connectivity index (χ0) is 26.1. The molecule has 8 nitrogen and oxygen atoms in total. The Morgan fingerprint density at radius 3 is 2.78 bits per heavy atom. The lowest BCUT2D eigenvalue weighted by atomic mass is 10.1. The van der Waals surface area contributed by atoms with Gasteiger partial charge in [0.2, 0.25) is 5.91 Å². The molecule has 1 N–H and O–H groups in total. The Labute approximate surface area is 220 Å². The van der Waals surface area contributed by atoms with Gasteiger partial charge in [0, 0.05) is 41.0 Å². The molecular formula is C28H30N6O2S. The summed E-state index contributed by atoms with van der Waals surface area (Å²) in [5.41, 5.74) is 3.95. The van der Waals surface area contributed by atoms with Crippen LogP contribution in [0.3, 0.4) is 0 Å². The summed E-state index contributed by atoms with van der Waals surface area (Å²) in [6.45, 7) is 7.30. The van der Waals surface area contributed by atoms with E-state index in [1.54, 1.807) is 29.9 Å². The quantitative estimate of drug-likeness (QED) is 0.314. The maximum atomic E-state index is 12.9. The van der Waals surface area contributed by atoms with Crippen LogP contribution in [0.1, 0.15) is 34.7 Å². The number of hydrogen-bond acceptors (Lipinski definition) is 8. The molecule has 0 aliphatic carbocycles. The second-order valence-electron chi connectivity index (χ2n) is 9.50. The largest absolute Gasteiger partial charge is 0.455 e. The van der Waals surface area contributed by atoms with Crippen molar-refractivity contribution >= 4 is 39.0 Å². The van der Waals surface area contributed by atoms with Crippen LogP contribution in [-0.2, 0) is 11.3 Å². The lowest BCUT2D eigenvalue weighted by Crippen LogP contribution is -2.26. The number of carbonyl (C=O) groups excluding carboxylic acids is 1. The van der Waals surface area contributed by atoms with E-state index in [2.05, 4.69) is 27.2 Å². The molecule has 1 aliphatic rings. The number of ether oxygens (including phenoxy) is 1. The molecule has 0 saturated carbocycles. The van der Waals surface area contributed by atoms with Crippen molar-refractivity contribution in [3.63, 3.8) is 0 Å². The lowest BCUT2D eigenvalue weighted by Gasteiger charge is -2.20. The van der Waals surface area contributed by atoms with Gasteiger partial charge in [-0.2, -0.15) is 0 Å². The summed E-state index contributed by atoms with van der Waals surface area (Å²) in [5, 5.41) is 4.45. The van der Waals surface area contributed by atoms with E-state index in [0.29, 0.717) is 12.3 Å². The minimum atomic E-state index is -0.00602. The first-order valence-corrected chi connectivity index (χ1v) is 13.0. The summed E-state index contributed by atoms with van der Waals surface area (Å²) in [4.78, 5) is 32.3. The number of rotatable bonds is 7. The lowest BCUT2D eigenvalue weighted by molar-refractivity contribution is -0.127. The first-order chi connectivity index (χ1) is 17.8. The van der Waals surface area contributed by atoms with Crippen LogP contribution >= 0.6 is 11.3 Å². The highest BCUT2D eigenvalue weighted by Gasteiger charge is 2.34. The van der Waals surface area contributed by atoms with Crippen LogP contribution < -0.4 is 10.1 Å². The summed E-state index contributed by atoms with van der Waals surface area (Å²) in [7, 11) is 3.96. The molecule has 0 fully saturated rings. The van der Waals surface area contributed by atoms with E-state index in [-0.39, 0.29) is 11.9 Å². The van der Waals surface area contributed by atoms with Gasteiger partial charge in [-0.1, -0.05) is 6.08 Å². The number of fused-ring (bicyclic) bond motifs is 3. The fourth-order valence-electron chi connectivity index (χ4n) is 4.39. The van der Waals surface area contributed by atoms with Crippen molar-refractivity contribution in [1.82, 2.24) is 24.8 Å². The van der Waals surface area contributed by atoms with Gasteiger partial charge in [0.15, 0.2) is 0 Å². The number of likely N-dealkylation sites (N-methyl/N-ethyl adjacent to an activating group) is 1. The molecule has 0 spiro atoms. The summed E-state index contributed by atoms with van der Waals surface area (Å²) < 4.78 is 6.01. The molecule has 1 amide bonds. The third kappa shape index (κ3) is 5.19. The molecule has 0 radical (unpaired) electrons. The predicted octanol–water partition coefficient (Wildman–Crippen LogP) is 5.76. The van der Waals surface area contributed by atoms with Crippen LogP contribution in [0.2, 0.25) is 0 Å². The Morgan fingerprint density at radius 1 is 1.22 bits per heavy atom. The Morgan fingerprint density at radius 2 is 2.05 bits per heavy atom. The Kier molecular flexibility index (Phi) is 6.90. The fraction of sp³-hybridized carbons (Fsp3) is 0.286. The molecule has 190 valence electrons. The maximum Gasteiger partial charge on any atom is 0.247 e. The van der Waals surface area contributed by atoms with E-state index in [9.17, 15) is 4.79 Å². The van der Waals surface area contributed by atoms with E-state index < -0.39 is 0 Å². The number of carbonyl (C=O) groups is 1. The number of aromatic nitrogens is 3. The number of amides is 1. The number of hydrogen-bond donors (Lipinski definition) is 1. The topological polar surface area (TPSA) is 83.5 Å². The van der Waals surface area contributed by atoms with E-state index in [0.717, 1.165) is 50.8 Å². The van der Waals surface area contributed by atoms with Crippen molar-refractivity contribution < 1.29 is 9.53 Å². The average Bonchev–Trinajstić information content (AvgIpc) is 3.39. The fourth-order valence-corrected chi connectivity index (χ4v) is 5.61. The molecule has 0 bridgehead atoms. The van der Waals surface area contributed by atoms with Gasteiger partial charge >= 0.3 is 0 Å². The summed E-state index contributed by atoms with van der Waals surface area (Å²) in [6, 6.07) is 9.78. The van der Waals surface area contributed by atoms with Gasteiger partial charge in [0.1, 0.15) is 28.5 Å². The predicted molar refractivity (Wildman–Crippen MR) is 148 cm³/mol. The highest BCUT2D eigenvalue weighted by molar-refractivity contribution is 7.19. The minimum absolute atomic E-state index is 0.00602. The summed E-state index contributed by atoms with van der Waals surface area (Å²) >= 11 is 1.63. The van der Waals surface area contributed by atoms with Gasteiger partial charge < -0.3 is 19.9 Å². The van der Waals surface area contributed by atoms with Crippen LogP contribution in [0.25, 0.3) is 10.2 Å². The SMILES string of the molecule is Cc1ccc(Oc2ccc(Nc3ncnc4sc5c(c34)CN(C(=O)/C=C/CN(C)C)[C@H]5C)cc2C)cn1. The first kappa shape index (κ1) is 24.9. The van der Waals surface area contributed by atoms with Crippen molar-refractivity contribution in [3.8, 4) is 11.5 Å². The highest BCUT2D eigenvalue weighted by Crippen LogP contribution is 2.45. The molecule has 1 aromatic carbocycles. The van der Waals surface area contributed by atoms with Gasteiger partial charge in [-0.05, 0) is 70.8 Å². The Bertz CT molecular complexity index is 1480. The molecule has 37 heavy (non-hydrogen) atoms. The zero-order valence-electron chi connectivity index (χ0n) is 21.6. The highest BCUT2D eigenvalue weighted by atomic mass is 32.1. The molecule has 1 aliphatic heterocycles. The van der Waals surface area contributed by atoms with Crippen LogP contribution in [0.4, 0.5) is 11.5 Å². The Balaban J connectivity index is 1.38. The average molecular weight is 515 g/mol. The normalized spacial score (nSPS) is 15.1. The number of thiophene rings is 1. The molecule has 4 aromatic rings. The molecule has 0 saturated heterocycles. The Hall–Kier alpha value is -3.82. The van der Waals surface area contributed by atoms with E-state index in [4.69, 9.17) is 4.74 Å². The van der Waals surface area contributed by atoms with E-state index >= 15 is 0 Å². The van der Waals surface area contributed by atoms with Crippen LogP contribution in [0.15, 0.2) is 55.0 Å². The minimum Gasteiger partial charge on any atom is -0.455 e. The van der Waals surface area contributed by atoms with E-state index in [1.807, 2.05) is 74.2 Å². The number of benzene rings is 1. The van der Waals surface area contributed by atoms with Crippen molar-refractivity contribution in [2.45, 2.75) is 33.4 Å². The smallest absolute Gasteiger partial charge is 0.247 e. The first-order valence-electron chi connectivity index (χ1n) is 12.2. The summed E-state index contributed by atoms with van der Waals surface area (Å²) in [6.07, 6.45) is 6.89. The molecule has 1 atom stereocenters. The maximum absolute atomic E-state index is 12.9. The van der Waals surface area contributed by atoms with Gasteiger partial charge in [-0.25, -0.2) is 9.97 Å². The standard InChI is InChI=1S/C28H30N6O2S/c1-17-13-20(9-11-23(17)36-21-10-8-18(2)29-14-21)32-27-25-22-15-34(24(35)7-6-12-33(4)5)19(3)26(22)37-28(25)31-16-30-27/h6-11,13-14,16,19H,12,15H2,1-5H3,(H,30,31,32)/b7-6+/t19-/m0/s1. The number of aryl methyl sites for hydroxylation is 2. The second-order valence-corrected chi connectivity index (χ2v) is 10.5. The molecule has 0 unspecified atom stereocenters. The number of nitrogens with zero attached hydrogens (tertiary/aromatic N) is 5. The third-order valence-corrected chi connectivity index (χ3v) is 7.67. The van der Waals surface area contributed by atoms with Crippen LogP contribution in [-0.4, -0.2) is 51.3 Å². The van der Waals surface area contributed by atoms with Gasteiger partial charge in [-0.3, -0.25) is 9.78 Å². The van der Waals surface area contributed by atoms with Gasteiger partial charge in [0.25, 0.3) is 0 Å². The second kappa shape index (κ2) is 10.3. The summed E-state index contributed by atoms with van der Waals surface area (Å²) in [5.74, 6) is 2.23. The van der Waals surface area contributed by atoms with Crippen molar-refractivity contribution in [2.75, 3.05) is 26.0 Å². The van der Waals surface area contributed by atoms with Crippen molar-refractivity contribution in [3.05, 3.63) is 76.7 Å². The number of nitrogens with one attached hydrogen (secondary N) is 1. The zero-order valence-corrected chi connectivity index (χ0v) is 22.5. The van der Waals surface area contributed by atoms with Gasteiger partial charge in [0.05, 0.1) is 17.6 Å². The van der Waals surface area contributed by atoms with Crippen LogP contribution in [0.5, 0.6) is 11.5 Å². The van der Waals surface area contributed by atoms with Crippen LogP contribution in [0, 0.1) is 13.8 Å². The third-order valence-electron chi connectivity index (χ3n) is 6.36. The monoisotopic (exact) mass is 514 g/mol. The molecular weight excluding hydrogens is 484 g/mol. The van der Waals surface area contributed by atoms with Crippen molar-refractivity contribution in [1.29, 1.82) is 0 Å². The van der Waals surface area contributed by atoms with Crippen molar-refractivity contribution in [2.24, 2.45) is 0 Å². The molecule has 4 heterocycles. The molecule has 5 rings (SSSR count). The van der Waals surface area contributed by atoms with E-state index in [1.165, 1.54) is 4.88 Å². The number of pyridine rings is 1. The molecule has 3 aromatic heterocycles. The number of anilines is 2. The van der Waals surface area contributed by atoms with Gasteiger partial charge in [-0.15, -0.1) is 11.3 Å². The molecule has 9 heteroatoms.